The van der Waals surface area contributed by atoms with E-state index in [1.165, 1.54) is 14.0 Å². The predicted molar refractivity (Wildman–Crippen MR) is 340 cm³/mol. The Morgan fingerprint density at radius 2 is 0.742 bits per heavy atom. The first-order valence-corrected chi connectivity index (χ1v) is 40.7. The average Bonchev–Trinajstić information content (AvgIpc) is 0.884. The summed E-state index contributed by atoms with van der Waals surface area (Å²) in [6.45, 7) is -11.7. The molecule has 34 nitrogen and oxygen atoms in total. The smallest absolute Gasteiger partial charge is 0.326 e. The molecule has 3 heterocycles. The molecular formula is C51H101NO33P4S4. The Hall–Kier alpha value is 0.790. The predicted octanol–water partition coefficient (Wildman–Crippen LogP) is -1.09. The van der Waals surface area contributed by atoms with Crippen LogP contribution in [0.3, 0.4) is 0 Å². The van der Waals surface area contributed by atoms with Crippen LogP contribution in [0.2, 0.25) is 0 Å². The van der Waals surface area contributed by atoms with Crippen LogP contribution < -0.4 is 5.32 Å². The largest absolute Gasteiger partial charge is 0.394 e. The fourth-order valence-electron chi connectivity index (χ4n) is 8.92. The van der Waals surface area contributed by atoms with E-state index in [9.17, 15) is 70.3 Å². The number of hydrogen-bond donors (Lipinski definition) is 14. The molecule has 0 spiro atoms. The van der Waals surface area contributed by atoms with Gasteiger partial charge >= 0.3 is 26.9 Å². The maximum absolute atomic E-state index is 11.7. The first-order chi connectivity index (χ1) is 44.1. The molecule has 0 saturated carbocycles. The lowest BCUT2D eigenvalue weighted by atomic mass is 9.92. The zero-order valence-electron chi connectivity index (χ0n) is 52.8. The molecule has 3 saturated heterocycles. The molecule has 0 radical (unpaired) electrons. The highest BCUT2D eigenvalue weighted by molar-refractivity contribution is 8.08. The van der Waals surface area contributed by atoms with E-state index >= 15 is 0 Å². The van der Waals surface area contributed by atoms with Crippen molar-refractivity contribution in [3.8, 4) is 0 Å². The van der Waals surface area contributed by atoms with E-state index in [0.29, 0.717) is 32.1 Å². The zero-order chi connectivity index (χ0) is 69.1. The van der Waals surface area contributed by atoms with Gasteiger partial charge in [-0.2, -0.15) is 0 Å². The highest BCUT2D eigenvalue weighted by Crippen LogP contribution is 2.46. The first kappa shape index (κ1) is 88.0. The van der Waals surface area contributed by atoms with Gasteiger partial charge in [-0.15, -0.1) is 0 Å². The maximum atomic E-state index is 11.7. The fraction of sp³-hybridized carbons (Fsp3) is 0.980. The lowest BCUT2D eigenvalue weighted by Gasteiger charge is -2.42. The van der Waals surface area contributed by atoms with Crippen LogP contribution in [-0.4, -0.2) is 304 Å². The van der Waals surface area contributed by atoms with E-state index in [1.807, 2.05) is 0 Å². The molecule has 552 valence electrons. The molecule has 1 amide bonds. The number of unbranched alkanes of at least 4 members (excludes halogenated alkanes) is 2. The fourth-order valence-corrected chi connectivity index (χ4v) is 13.1. The number of aliphatic hydroxyl groups is 9. The van der Waals surface area contributed by atoms with Crippen LogP contribution in [0.1, 0.15) is 72.1 Å². The quantitative estimate of drug-likeness (QED) is 0.0195. The van der Waals surface area contributed by atoms with Crippen LogP contribution in [0.4, 0.5) is 0 Å². The molecule has 11 unspecified atom stereocenters. The van der Waals surface area contributed by atoms with Gasteiger partial charge in [-0.1, -0.05) is 13.8 Å². The topological polar surface area (TPSA) is 467 Å². The van der Waals surface area contributed by atoms with E-state index < -0.39 is 156 Å². The lowest BCUT2D eigenvalue weighted by Crippen LogP contribution is -2.64. The SMILES string of the molecule is COP(O)(=S)OCCCOCC(COCCCOP(O)(=S)OCCCCO[C@@H]1OC(CO)[C@H](O)[C@H](O)C1C)(COCCCOP(O)(=S)OCCCCO[C@@H]1OC(CO)[C@H](O)[C@H](O)C1NC(C)=O)COCCCOP(O)(=S)OCOCCO[C@@H]1OC(CO)[C@H](O)[C@H](O)C1C. The molecule has 93 heavy (non-hydrogen) atoms. The van der Waals surface area contributed by atoms with E-state index in [1.54, 1.807) is 13.8 Å². The number of carbonyl (C=O) groups excluding carboxylic acids is 1. The van der Waals surface area contributed by atoms with E-state index in [4.69, 9.17) is 136 Å². The van der Waals surface area contributed by atoms with Crippen molar-refractivity contribution in [2.75, 3.05) is 153 Å². The molecule has 0 aromatic rings. The van der Waals surface area contributed by atoms with Crippen LogP contribution in [0.25, 0.3) is 0 Å². The van der Waals surface area contributed by atoms with Crippen molar-refractivity contribution in [3.05, 3.63) is 0 Å². The van der Waals surface area contributed by atoms with Crippen molar-refractivity contribution >= 4 is 80.0 Å². The molecule has 14 N–H and O–H groups in total. The molecule has 0 aromatic heterocycles. The summed E-state index contributed by atoms with van der Waals surface area (Å²) in [5, 5.41) is 92.5. The van der Waals surface area contributed by atoms with Gasteiger partial charge in [0.1, 0.15) is 48.8 Å². The normalized spacial score (nSPS) is 30.2. The number of ether oxygens (including phenoxy) is 11. The minimum Gasteiger partial charge on any atom is -0.394 e. The Kier molecular flexibility index (Phi) is 44.6. The summed E-state index contributed by atoms with van der Waals surface area (Å²) in [7, 11) is 1.23. The number of amides is 1. The third-order valence-corrected chi connectivity index (χ3v) is 20.8. The van der Waals surface area contributed by atoms with Gasteiger partial charge in [-0.05, 0) is 98.6 Å². The van der Waals surface area contributed by atoms with Gasteiger partial charge in [0.05, 0.1) is 117 Å². The Balaban J connectivity index is 1.54. The highest BCUT2D eigenvalue weighted by Gasteiger charge is 2.46. The van der Waals surface area contributed by atoms with Gasteiger partial charge in [0, 0.05) is 65.5 Å². The van der Waals surface area contributed by atoms with Crippen molar-refractivity contribution in [1.29, 1.82) is 0 Å². The van der Waals surface area contributed by atoms with Gasteiger partial charge in [-0.3, -0.25) is 9.32 Å². The minimum absolute atomic E-state index is 0.00320. The Bertz CT molecular complexity index is 2140. The number of nitrogens with one attached hydrogen (secondary N) is 1. The maximum Gasteiger partial charge on any atom is 0.326 e. The summed E-state index contributed by atoms with van der Waals surface area (Å²) >= 11 is 20.5. The molecule has 42 heteroatoms. The lowest BCUT2D eigenvalue weighted by molar-refractivity contribution is -0.284. The summed E-state index contributed by atoms with van der Waals surface area (Å²) in [6, 6.07) is -1.10. The summed E-state index contributed by atoms with van der Waals surface area (Å²) in [6.07, 6.45) is -11.3. The van der Waals surface area contributed by atoms with Crippen LogP contribution in [0.5, 0.6) is 0 Å². The van der Waals surface area contributed by atoms with Crippen LogP contribution in [0.15, 0.2) is 0 Å². The van der Waals surface area contributed by atoms with E-state index in [0.717, 1.165) is 0 Å². The number of carbonyl (C=O) groups is 1. The van der Waals surface area contributed by atoms with Crippen molar-refractivity contribution < 1.29 is 159 Å². The second-order valence-electron chi connectivity index (χ2n) is 21.9. The summed E-state index contributed by atoms with van der Waals surface area (Å²) in [5.74, 6) is -1.65. The molecule has 0 aliphatic carbocycles. The standard InChI is InChI=1S/C51H101NO33P4S4/c1-35-42(57)44(59)38(27-53)83-48(35)73-17-5-7-19-77-87(64,91)79-22-10-14-69-31-51(30-68-13-9-21-76-86(63,90)67-4,33-71-16-12-24-81-89(66,93)82-34-72-25-26-75-49-36(2)43(58)45(60)39(28-54)84-49)32-70-15-11-23-80-88(65,92)78-20-8-6-18-74-50-41(52-37(3)56)47(62)46(61)40(29-55)85-50/h35-36,38-50,53-55,57-62H,5-34H2,1-4H3,(H,52,56)(H,63,90)(H,64,91)(H,65,92)(H,66,93)/t35?,36?,38?,39?,40?,41?,42-,43-,44+,45+,46+,47-,48-,49-,50-,51?,86?,87?,88?,89?/m1/s1. The number of aliphatic hydroxyl groups excluding tert-OH is 9. The average molecular weight is 1510 g/mol. The Morgan fingerprint density at radius 1 is 0.419 bits per heavy atom. The molecule has 0 aromatic carbocycles. The van der Waals surface area contributed by atoms with Crippen molar-refractivity contribution in [1.82, 2.24) is 5.32 Å². The van der Waals surface area contributed by atoms with Gasteiger partial charge in [0.2, 0.25) is 5.91 Å². The van der Waals surface area contributed by atoms with Crippen molar-refractivity contribution in [3.63, 3.8) is 0 Å². The van der Waals surface area contributed by atoms with Gasteiger partial charge < -0.3 is 155 Å². The first-order valence-electron chi connectivity index (χ1n) is 30.3. The molecule has 0 bridgehead atoms. The van der Waals surface area contributed by atoms with Gasteiger partial charge in [0.15, 0.2) is 25.7 Å². The Labute approximate surface area is 563 Å². The molecule has 3 aliphatic heterocycles. The minimum atomic E-state index is -3.78. The van der Waals surface area contributed by atoms with Crippen LogP contribution >= 0.6 is 26.9 Å². The summed E-state index contributed by atoms with van der Waals surface area (Å²) in [4.78, 5) is 53.9. The third kappa shape index (κ3) is 35.0. The summed E-state index contributed by atoms with van der Waals surface area (Å²) in [5.41, 5.74) is -1.02. The molecule has 3 aliphatic rings. The molecule has 20 atom stereocenters. The number of rotatable bonds is 54. The number of hydrogen-bond acceptors (Lipinski definition) is 33. The zero-order valence-corrected chi connectivity index (χ0v) is 59.6. The van der Waals surface area contributed by atoms with E-state index in [2.05, 4.69) is 5.32 Å². The third-order valence-electron chi connectivity index (χ3n) is 14.2. The molecule has 3 fully saturated rings. The molecule has 3 rings (SSSR count). The molecular weight excluding hydrogens is 1410 g/mol. The van der Waals surface area contributed by atoms with Crippen molar-refractivity contribution in [2.24, 2.45) is 17.3 Å². The van der Waals surface area contributed by atoms with Crippen molar-refractivity contribution in [2.45, 2.75) is 152 Å². The van der Waals surface area contributed by atoms with E-state index in [-0.39, 0.29) is 138 Å². The highest BCUT2D eigenvalue weighted by atomic mass is 32.5. The van der Waals surface area contributed by atoms with Crippen LogP contribution in [0, 0.1) is 17.3 Å². The van der Waals surface area contributed by atoms with Gasteiger partial charge in [-0.25, -0.2) is 0 Å². The second-order valence-corrected chi connectivity index (χ2v) is 33.4. The Morgan fingerprint density at radius 3 is 1.12 bits per heavy atom. The van der Waals surface area contributed by atoms with Gasteiger partial charge in [0.25, 0.3) is 0 Å². The van der Waals surface area contributed by atoms with Crippen LogP contribution in [-0.2, 0) is 140 Å². The monoisotopic (exact) mass is 1510 g/mol. The second kappa shape index (κ2) is 47.1. The summed E-state index contributed by atoms with van der Waals surface area (Å²) < 4.78 is 107.